The molecule has 1 rings (SSSR count). The van der Waals surface area contributed by atoms with Gasteiger partial charge in [-0.05, 0) is 24.6 Å². The lowest BCUT2D eigenvalue weighted by Gasteiger charge is -2.03. The van der Waals surface area contributed by atoms with Crippen LogP contribution in [0.25, 0.3) is 6.08 Å². The molecule has 100 valence electrons. The zero-order valence-electron chi connectivity index (χ0n) is 11.0. The van der Waals surface area contributed by atoms with Crippen molar-refractivity contribution in [3.05, 3.63) is 53.6 Å². The first kappa shape index (κ1) is 14.7. The summed E-state index contributed by atoms with van der Waals surface area (Å²) in [5, 5.41) is 0. The van der Waals surface area contributed by atoms with E-state index in [0.29, 0.717) is 5.57 Å². The molecule has 0 aliphatic heterocycles. The first-order chi connectivity index (χ1) is 9.17. The highest BCUT2D eigenvalue weighted by Crippen LogP contribution is 2.09. The Morgan fingerprint density at radius 3 is 2.42 bits per heavy atom. The molecule has 19 heavy (non-hydrogen) atoms. The molecule has 0 atom stereocenters. The fourth-order valence-corrected chi connectivity index (χ4v) is 1.34. The van der Waals surface area contributed by atoms with Gasteiger partial charge in [-0.1, -0.05) is 30.3 Å². The SMILES string of the molecule is CCOC(=O)C(=C\c1ccccc1)/C=C/C(=O)OC. The van der Waals surface area contributed by atoms with Gasteiger partial charge < -0.3 is 9.47 Å². The second-order valence-electron chi connectivity index (χ2n) is 3.59. The first-order valence-corrected chi connectivity index (χ1v) is 5.87. The van der Waals surface area contributed by atoms with E-state index < -0.39 is 11.9 Å². The Balaban J connectivity index is 2.99. The smallest absolute Gasteiger partial charge is 0.338 e. The Morgan fingerprint density at radius 2 is 1.84 bits per heavy atom. The van der Waals surface area contributed by atoms with Crippen molar-refractivity contribution in [3.63, 3.8) is 0 Å². The minimum absolute atomic E-state index is 0.275. The monoisotopic (exact) mass is 260 g/mol. The third-order valence-electron chi connectivity index (χ3n) is 2.23. The number of methoxy groups -OCH3 is 1. The Labute approximate surface area is 112 Å². The fraction of sp³-hybridized carbons (Fsp3) is 0.200. The van der Waals surface area contributed by atoms with Gasteiger partial charge in [-0.2, -0.15) is 0 Å². The summed E-state index contributed by atoms with van der Waals surface area (Å²) in [6.07, 6.45) is 4.22. The molecule has 0 heterocycles. The normalized spacial score (nSPS) is 11.4. The maximum Gasteiger partial charge on any atom is 0.338 e. The topological polar surface area (TPSA) is 52.6 Å². The van der Waals surface area contributed by atoms with Crippen LogP contribution < -0.4 is 0 Å². The summed E-state index contributed by atoms with van der Waals surface area (Å²) in [5.74, 6) is -1.00. The summed E-state index contributed by atoms with van der Waals surface area (Å²) in [4.78, 5) is 22.8. The number of rotatable bonds is 5. The molecule has 0 aliphatic rings. The number of carbonyl (C=O) groups excluding carboxylic acids is 2. The van der Waals surface area contributed by atoms with Gasteiger partial charge >= 0.3 is 11.9 Å². The molecule has 0 spiro atoms. The minimum atomic E-state index is -0.525. The van der Waals surface area contributed by atoms with Crippen LogP contribution in [-0.2, 0) is 19.1 Å². The van der Waals surface area contributed by atoms with Crippen molar-refractivity contribution in [1.29, 1.82) is 0 Å². The van der Waals surface area contributed by atoms with Gasteiger partial charge in [0.2, 0.25) is 0 Å². The molecule has 1 aromatic carbocycles. The van der Waals surface area contributed by atoms with Gasteiger partial charge in [0.05, 0.1) is 19.3 Å². The quantitative estimate of drug-likeness (QED) is 0.463. The van der Waals surface area contributed by atoms with Crippen LogP contribution in [0.3, 0.4) is 0 Å². The van der Waals surface area contributed by atoms with E-state index in [4.69, 9.17) is 4.74 Å². The number of ether oxygens (including phenoxy) is 2. The van der Waals surface area contributed by atoms with E-state index in [1.54, 1.807) is 13.0 Å². The highest BCUT2D eigenvalue weighted by Gasteiger charge is 2.08. The molecule has 0 radical (unpaired) electrons. The van der Waals surface area contributed by atoms with E-state index in [0.717, 1.165) is 5.56 Å². The maximum absolute atomic E-state index is 11.8. The summed E-state index contributed by atoms with van der Waals surface area (Å²) >= 11 is 0. The molecule has 0 aliphatic carbocycles. The van der Waals surface area contributed by atoms with Crippen LogP contribution in [0.1, 0.15) is 12.5 Å². The van der Waals surface area contributed by atoms with Crippen molar-refractivity contribution < 1.29 is 19.1 Å². The molecule has 0 fully saturated rings. The molecule has 4 heteroatoms. The third-order valence-corrected chi connectivity index (χ3v) is 2.23. The lowest BCUT2D eigenvalue weighted by molar-refractivity contribution is -0.138. The molecule has 0 aromatic heterocycles. The predicted octanol–water partition coefficient (Wildman–Crippen LogP) is 2.36. The fourth-order valence-electron chi connectivity index (χ4n) is 1.34. The second-order valence-corrected chi connectivity index (χ2v) is 3.59. The highest BCUT2D eigenvalue weighted by atomic mass is 16.5. The maximum atomic E-state index is 11.8. The lowest BCUT2D eigenvalue weighted by atomic mass is 10.1. The van der Waals surface area contributed by atoms with Gasteiger partial charge in [-0.25, -0.2) is 9.59 Å². The summed E-state index contributed by atoms with van der Waals surface area (Å²) < 4.78 is 9.42. The molecular formula is C15H16O4. The Kier molecular flexibility index (Phi) is 6.09. The average Bonchev–Trinajstić information content (AvgIpc) is 2.44. The van der Waals surface area contributed by atoms with Crippen molar-refractivity contribution in [2.75, 3.05) is 13.7 Å². The van der Waals surface area contributed by atoms with Crippen molar-refractivity contribution in [3.8, 4) is 0 Å². The van der Waals surface area contributed by atoms with Gasteiger partial charge in [0.25, 0.3) is 0 Å². The largest absolute Gasteiger partial charge is 0.466 e. The zero-order valence-corrected chi connectivity index (χ0v) is 11.0. The zero-order chi connectivity index (χ0) is 14.1. The van der Waals surface area contributed by atoms with Gasteiger partial charge in [0.15, 0.2) is 0 Å². The van der Waals surface area contributed by atoms with Crippen LogP contribution in [0.15, 0.2) is 48.1 Å². The van der Waals surface area contributed by atoms with E-state index >= 15 is 0 Å². The lowest BCUT2D eigenvalue weighted by Crippen LogP contribution is -2.06. The average molecular weight is 260 g/mol. The number of esters is 2. The summed E-state index contributed by atoms with van der Waals surface area (Å²) in [6, 6.07) is 9.30. The van der Waals surface area contributed by atoms with Crippen molar-refractivity contribution >= 4 is 18.0 Å². The van der Waals surface area contributed by atoms with E-state index in [2.05, 4.69) is 4.74 Å². The standard InChI is InChI=1S/C15H16O4/c1-3-19-15(17)13(9-10-14(16)18-2)11-12-7-5-4-6-8-12/h4-11H,3H2,1-2H3/b10-9+,13-11-. The van der Waals surface area contributed by atoms with E-state index in [1.807, 2.05) is 30.3 Å². The summed E-state index contributed by atoms with van der Waals surface area (Å²) in [5.41, 5.74) is 1.14. The molecular weight excluding hydrogens is 244 g/mol. The van der Waals surface area contributed by atoms with Crippen LogP contribution in [-0.4, -0.2) is 25.7 Å². The highest BCUT2D eigenvalue weighted by molar-refractivity contribution is 5.98. The van der Waals surface area contributed by atoms with Crippen molar-refractivity contribution in [1.82, 2.24) is 0 Å². The summed E-state index contributed by atoms with van der Waals surface area (Å²) in [7, 11) is 1.28. The first-order valence-electron chi connectivity index (χ1n) is 5.87. The van der Waals surface area contributed by atoms with Gasteiger partial charge in [0, 0.05) is 6.08 Å². The third kappa shape index (κ3) is 5.21. The Hall–Kier alpha value is -2.36. The van der Waals surface area contributed by atoms with Crippen molar-refractivity contribution in [2.24, 2.45) is 0 Å². The Morgan fingerprint density at radius 1 is 1.16 bits per heavy atom. The van der Waals surface area contributed by atoms with Gasteiger partial charge in [0.1, 0.15) is 0 Å². The van der Waals surface area contributed by atoms with Gasteiger partial charge in [-0.15, -0.1) is 0 Å². The Bertz CT molecular complexity index is 486. The van der Waals surface area contributed by atoms with Crippen LogP contribution >= 0.6 is 0 Å². The molecule has 0 saturated heterocycles. The van der Waals surface area contributed by atoms with Crippen LogP contribution in [0, 0.1) is 0 Å². The minimum Gasteiger partial charge on any atom is -0.466 e. The number of carbonyl (C=O) groups is 2. The van der Waals surface area contributed by atoms with E-state index in [9.17, 15) is 9.59 Å². The number of hydrogen-bond acceptors (Lipinski definition) is 4. The molecule has 0 unspecified atom stereocenters. The number of hydrogen-bond donors (Lipinski definition) is 0. The molecule has 0 bridgehead atoms. The second kappa shape index (κ2) is 7.87. The van der Waals surface area contributed by atoms with E-state index in [-0.39, 0.29) is 6.61 Å². The van der Waals surface area contributed by atoms with E-state index in [1.165, 1.54) is 19.3 Å². The van der Waals surface area contributed by atoms with Crippen molar-refractivity contribution in [2.45, 2.75) is 6.92 Å². The van der Waals surface area contributed by atoms with Gasteiger partial charge in [-0.3, -0.25) is 0 Å². The van der Waals surface area contributed by atoms with Crippen LogP contribution in [0.4, 0.5) is 0 Å². The molecule has 0 N–H and O–H groups in total. The number of benzene rings is 1. The summed E-state index contributed by atoms with van der Waals surface area (Å²) in [6.45, 7) is 2.00. The van der Waals surface area contributed by atoms with Crippen LogP contribution in [0.2, 0.25) is 0 Å². The molecule has 1 aromatic rings. The molecule has 0 amide bonds. The predicted molar refractivity (Wildman–Crippen MR) is 72.2 cm³/mol. The molecule has 0 saturated carbocycles. The van der Waals surface area contributed by atoms with Crippen LogP contribution in [0.5, 0.6) is 0 Å². The molecule has 4 nitrogen and oxygen atoms in total.